The fourth-order valence-corrected chi connectivity index (χ4v) is 3.92. The van der Waals surface area contributed by atoms with Crippen LogP contribution in [0.2, 0.25) is 0 Å². The Morgan fingerprint density at radius 2 is 1.88 bits per heavy atom. The summed E-state index contributed by atoms with van der Waals surface area (Å²) >= 11 is 0. The zero-order valence-electron chi connectivity index (χ0n) is 18.2. The van der Waals surface area contributed by atoms with Crippen molar-refractivity contribution in [3.8, 4) is 11.1 Å². The number of hydrogen-bond donors (Lipinski definition) is 2. The molecule has 4 N–H and O–H groups in total. The van der Waals surface area contributed by atoms with Gasteiger partial charge in [-0.05, 0) is 17.2 Å². The van der Waals surface area contributed by atoms with E-state index in [4.69, 9.17) is 16.0 Å². The first-order valence-corrected chi connectivity index (χ1v) is 10.9. The SMILES string of the molecule is CC(c1ccc(-c2ccccc2)c(F)c1)c1cc(N=C(N)N2CCN(CCN)CC2)no1. The Morgan fingerprint density at radius 3 is 2.56 bits per heavy atom. The summed E-state index contributed by atoms with van der Waals surface area (Å²) in [6.07, 6.45) is 0. The smallest absolute Gasteiger partial charge is 0.198 e. The van der Waals surface area contributed by atoms with E-state index in [0.717, 1.165) is 43.9 Å². The first-order valence-electron chi connectivity index (χ1n) is 10.9. The lowest BCUT2D eigenvalue weighted by atomic mass is 9.95. The van der Waals surface area contributed by atoms with E-state index in [2.05, 4.69) is 15.0 Å². The maximum atomic E-state index is 14.8. The molecule has 1 unspecified atom stereocenters. The van der Waals surface area contributed by atoms with Gasteiger partial charge in [-0.25, -0.2) is 4.39 Å². The molecule has 0 bridgehead atoms. The Labute approximate surface area is 187 Å². The van der Waals surface area contributed by atoms with Gasteiger partial charge in [-0.1, -0.05) is 54.5 Å². The van der Waals surface area contributed by atoms with Gasteiger partial charge in [0, 0.05) is 56.8 Å². The summed E-state index contributed by atoms with van der Waals surface area (Å²) in [7, 11) is 0. The van der Waals surface area contributed by atoms with E-state index in [1.807, 2.05) is 48.2 Å². The van der Waals surface area contributed by atoms with Crippen LogP contribution in [0.5, 0.6) is 0 Å². The highest BCUT2D eigenvalue weighted by Crippen LogP contribution is 2.30. The summed E-state index contributed by atoms with van der Waals surface area (Å²) in [5, 5.41) is 4.04. The van der Waals surface area contributed by atoms with Crippen LogP contribution in [-0.2, 0) is 0 Å². The lowest BCUT2D eigenvalue weighted by molar-refractivity contribution is 0.185. The highest BCUT2D eigenvalue weighted by molar-refractivity contribution is 5.80. The van der Waals surface area contributed by atoms with E-state index in [1.165, 1.54) is 0 Å². The van der Waals surface area contributed by atoms with Gasteiger partial charge in [-0.15, -0.1) is 0 Å². The third-order valence-corrected chi connectivity index (χ3v) is 5.89. The van der Waals surface area contributed by atoms with Crippen LogP contribution >= 0.6 is 0 Å². The third kappa shape index (κ3) is 4.98. The second-order valence-electron chi connectivity index (χ2n) is 8.00. The van der Waals surface area contributed by atoms with Gasteiger partial charge in [0.1, 0.15) is 11.6 Å². The van der Waals surface area contributed by atoms with E-state index in [-0.39, 0.29) is 11.7 Å². The molecule has 1 aromatic heterocycles. The molecule has 7 nitrogen and oxygen atoms in total. The largest absolute Gasteiger partial charge is 0.369 e. The molecule has 1 aliphatic heterocycles. The van der Waals surface area contributed by atoms with Gasteiger partial charge in [0.25, 0.3) is 0 Å². The minimum Gasteiger partial charge on any atom is -0.369 e. The zero-order valence-corrected chi connectivity index (χ0v) is 18.2. The summed E-state index contributed by atoms with van der Waals surface area (Å²) in [5.74, 6) is 0.998. The Bertz CT molecular complexity index is 1060. The molecule has 32 heavy (non-hydrogen) atoms. The number of aromatic nitrogens is 1. The van der Waals surface area contributed by atoms with E-state index >= 15 is 0 Å². The molecule has 3 aromatic rings. The zero-order chi connectivity index (χ0) is 22.5. The minimum absolute atomic E-state index is 0.174. The Morgan fingerprint density at radius 1 is 1.12 bits per heavy atom. The maximum Gasteiger partial charge on any atom is 0.198 e. The molecular formula is C24H29FN6O. The minimum atomic E-state index is -0.267. The van der Waals surface area contributed by atoms with Crippen molar-refractivity contribution in [2.75, 3.05) is 39.3 Å². The maximum absolute atomic E-state index is 14.8. The van der Waals surface area contributed by atoms with Gasteiger partial charge in [0.05, 0.1) is 0 Å². The number of guanidine groups is 1. The van der Waals surface area contributed by atoms with E-state index in [0.29, 0.717) is 29.6 Å². The second-order valence-corrected chi connectivity index (χ2v) is 8.00. The Kier molecular flexibility index (Phi) is 6.82. The highest BCUT2D eigenvalue weighted by Gasteiger charge is 2.20. The number of halogens is 1. The van der Waals surface area contributed by atoms with Crippen LogP contribution in [0.4, 0.5) is 10.2 Å². The molecule has 0 amide bonds. The normalized spacial score (nSPS) is 16.3. The lowest BCUT2D eigenvalue weighted by Gasteiger charge is -2.34. The molecule has 1 fully saturated rings. The molecule has 0 aliphatic carbocycles. The third-order valence-electron chi connectivity index (χ3n) is 5.89. The van der Waals surface area contributed by atoms with Crippen molar-refractivity contribution in [3.05, 3.63) is 71.7 Å². The van der Waals surface area contributed by atoms with Crippen LogP contribution in [0.15, 0.2) is 64.1 Å². The molecule has 0 saturated carbocycles. The van der Waals surface area contributed by atoms with Crippen LogP contribution in [0.3, 0.4) is 0 Å². The summed E-state index contributed by atoms with van der Waals surface area (Å²) in [6, 6.07) is 16.5. The fourth-order valence-electron chi connectivity index (χ4n) is 3.92. The predicted molar refractivity (Wildman–Crippen MR) is 124 cm³/mol. The first kappa shape index (κ1) is 22.0. The van der Waals surface area contributed by atoms with Crippen molar-refractivity contribution in [2.45, 2.75) is 12.8 Å². The molecule has 1 saturated heterocycles. The van der Waals surface area contributed by atoms with Crippen LogP contribution in [0.1, 0.15) is 24.2 Å². The number of aliphatic imine (C=N–C) groups is 1. The van der Waals surface area contributed by atoms with Crippen LogP contribution < -0.4 is 11.5 Å². The fraction of sp³-hybridized carbons (Fsp3) is 0.333. The van der Waals surface area contributed by atoms with Gasteiger partial charge < -0.3 is 20.9 Å². The number of benzene rings is 2. The van der Waals surface area contributed by atoms with Crippen LogP contribution in [0.25, 0.3) is 11.1 Å². The van der Waals surface area contributed by atoms with E-state index in [9.17, 15) is 4.39 Å². The van der Waals surface area contributed by atoms with Crippen molar-refractivity contribution in [1.82, 2.24) is 15.0 Å². The second kappa shape index (κ2) is 9.93. The summed E-state index contributed by atoms with van der Waals surface area (Å²) in [4.78, 5) is 8.76. The molecule has 8 heteroatoms. The van der Waals surface area contributed by atoms with Crippen LogP contribution in [0, 0.1) is 5.82 Å². The number of rotatable bonds is 6. The van der Waals surface area contributed by atoms with Gasteiger partial charge >= 0.3 is 0 Å². The lowest BCUT2D eigenvalue weighted by Crippen LogP contribution is -2.51. The van der Waals surface area contributed by atoms with Crippen molar-refractivity contribution in [1.29, 1.82) is 0 Å². The monoisotopic (exact) mass is 436 g/mol. The van der Waals surface area contributed by atoms with Gasteiger partial charge in [-0.2, -0.15) is 4.99 Å². The molecular weight excluding hydrogens is 407 g/mol. The number of piperazine rings is 1. The molecule has 2 heterocycles. The molecule has 2 aromatic carbocycles. The summed E-state index contributed by atoms with van der Waals surface area (Å²) in [6.45, 7) is 6.89. The average Bonchev–Trinajstić information content (AvgIpc) is 3.28. The van der Waals surface area contributed by atoms with Gasteiger partial charge in [0.2, 0.25) is 0 Å². The molecule has 168 valence electrons. The molecule has 0 spiro atoms. The quantitative estimate of drug-likeness (QED) is 0.455. The van der Waals surface area contributed by atoms with Gasteiger partial charge in [-0.3, -0.25) is 4.90 Å². The van der Waals surface area contributed by atoms with Crippen molar-refractivity contribution >= 4 is 11.8 Å². The van der Waals surface area contributed by atoms with Crippen LogP contribution in [-0.4, -0.2) is 60.2 Å². The summed E-state index contributed by atoms with van der Waals surface area (Å²) in [5.41, 5.74) is 14.0. The predicted octanol–water partition coefficient (Wildman–Crippen LogP) is 3.16. The molecule has 1 atom stereocenters. The van der Waals surface area contributed by atoms with Crippen molar-refractivity contribution in [2.24, 2.45) is 16.5 Å². The molecule has 4 rings (SSSR count). The van der Waals surface area contributed by atoms with Crippen molar-refractivity contribution < 1.29 is 8.91 Å². The number of nitrogens with two attached hydrogens (primary N) is 2. The Hall–Kier alpha value is -3.23. The molecule has 0 radical (unpaired) electrons. The standard InChI is InChI=1S/C24H29FN6O/c1-17(19-7-8-20(21(25)15-19)18-5-3-2-4-6-18)22-16-23(29-32-22)28-24(27)31-13-11-30(10-9-26)12-14-31/h2-8,15-17H,9-14,26H2,1H3,(H2,27,28,29). The van der Waals surface area contributed by atoms with E-state index in [1.54, 1.807) is 18.2 Å². The molecule has 1 aliphatic rings. The number of hydrogen-bond acceptors (Lipinski definition) is 5. The van der Waals surface area contributed by atoms with Crippen molar-refractivity contribution in [3.63, 3.8) is 0 Å². The first-order chi connectivity index (χ1) is 15.5. The summed E-state index contributed by atoms with van der Waals surface area (Å²) < 4.78 is 20.3. The number of nitrogens with zero attached hydrogens (tertiary/aromatic N) is 4. The Balaban J connectivity index is 1.44. The van der Waals surface area contributed by atoms with Gasteiger partial charge in [0.15, 0.2) is 11.8 Å². The van der Waals surface area contributed by atoms with E-state index < -0.39 is 0 Å². The topological polar surface area (TPSA) is 96.9 Å². The average molecular weight is 437 g/mol. The highest BCUT2D eigenvalue weighted by atomic mass is 19.1.